The molecule has 0 aromatic carbocycles. The average molecular weight is 166 g/mol. The zero-order valence-electron chi connectivity index (χ0n) is 7.45. The Kier molecular flexibility index (Phi) is 5.38. The molecule has 0 rings (SSSR count). The van der Waals surface area contributed by atoms with Crippen molar-refractivity contribution in [2.75, 3.05) is 13.1 Å². The molecule has 0 aliphatic heterocycles. The summed E-state index contributed by atoms with van der Waals surface area (Å²) < 4.78 is 25.4. The third kappa shape index (κ3) is 6.23. The Labute approximate surface area is 67.5 Å². The molecule has 0 bridgehead atoms. The van der Waals surface area contributed by atoms with Gasteiger partial charge in [0.1, 0.15) is 0 Å². The highest BCUT2D eigenvalue weighted by Crippen LogP contribution is 2.12. The Morgan fingerprint density at radius 2 is 1.55 bits per heavy atom. The fourth-order valence-corrected chi connectivity index (χ4v) is 1.03. The highest BCUT2D eigenvalue weighted by molar-refractivity contribution is 4.34. The highest BCUT2D eigenvalue weighted by Gasteiger charge is 2.26. The van der Waals surface area contributed by atoms with Crippen molar-refractivity contribution in [3.8, 4) is 0 Å². The predicted octanol–water partition coefficient (Wildman–Crippen LogP) is 3.17. The smallest absolute Gasteiger partial charge is 0.0654 e. The van der Waals surface area contributed by atoms with Crippen LogP contribution in [-0.4, -0.2) is 18.0 Å². The number of rotatable bonds is 6. The van der Waals surface area contributed by atoms with Crippen molar-refractivity contribution in [1.29, 1.82) is 0 Å². The van der Waals surface area contributed by atoms with E-state index in [2.05, 4.69) is 0 Å². The van der Waals surface area contributed by atoms with Gasteiger partial charge in [-0.05, 0) is 6.42 Å². The lowest BCUT2D eigenvalue weighted by Crippen LogP contribution is -2.31. The Bertz CT molecular complexity index is 94.1. The second kappa shape index (κ2) is 5.47. The monoisotopic (exact) mass is 166 g/mol. The van der Waals surface area contributed by atoms with E-state index < -0.39 is 4.93 Å². The molecule has 3 heteroatoms. The van der Waals surface area contributed by atoms with Crippen molar-refractivity contribution in [3.05, 3.63) is 0 Å². The predicted molar refractivity (Wildman–Crippen MR) is 42.0 cm³/mol. The van der Waals surface area contributed by atoms with E-state index in [4.69, 9.17) is 0 Å². The molecule has 0 aromatic rings. The molecule has 0 amide bonds. The van der Waals surface area contributed by atoms with Gasteiger partial charge < -0.3 is 0 Å². The molecule has 0 aliphatic carbocycles. The minimum Gasteiger partial charge on any atom is -0.0654 e. The fourth-order valence-electron chi connectivity index (χ4n) is 1.03. The van der Waals surface area contributed by atoms with E-state index in [9.17, 15) is 8.96 Å². The summed E-state index contributed by atoms with van der Waals surface area (Å²) in [5.41, 5.74) is 0. The maximum Gasteiger partial charge on any atom is 0.155 e. The molecule has 0 aliphatic rings. The van der Waals surface area contributed by atoms with E-state index in [1.165, 1.54) is 0 Å². The summed E-state index contributed by atoms with van der Waals surface area (Å²) in [4.78, 5) is -1.80. The van der Waals surface area contributed by atoms with E-state index in [0.29, 0.717) is 12.8 Å². The quantitative estimate of drug-likeness (QED) is 0.420. The standard InChI is InChI=1S/C8H18F2N/c1-3-5-6-8-11(9,10)7-4-2/h3-8H2,1-2H3/q+1. The first-order chi connectivity index (χ1) is 5.12. The van der Waals surface area contributed by atoms with Crippen molar-refractivity contribution in [2.24, 2.45) is 0 Å². The maximum absolute atomic E-state index is 12.7. The summed E-state index contributed by atoms with van der Waals surface area (Å²) in [6.07, 6.45) is 3.12. The van der Waals surface area contributed by atoms with E-state index in [0.717, 1.165) is 12.8 Å². The van der Waals surface area contributed by atoms with Crippen LogP contribution >= 0.6 is 0 Å². The van der Waals surface area contributed by atoms with Gasteiger partial charge in [0.25, 0.3) is 0 Å². The van der Waals surface area contributed by atoms with E-state index in [1.54, 1.807) is 6.92 Å². The van der Waals surface area contributed by atoms with Gasteiger partial charge in [-0.25, -0.2) is 0 Å². The van der Waals surface area contributed by atoms with E-state index in [-0.39, 0.29) is 13.1 Å². The van der Waals surface area contributed by atoms with Gasteiger partial charge in [0.2, 0.25) is 0 Å². The number of hydrogen-bond donors (Lipinski definition) is 0. The second-order valence-electron chi connectivity index (χ2n) is 2.92. The number of nitrogens with zero attached hydrogens (tertiary/aromatic N) is 1. The molecule has 0 spiro atoms. The first-order valence-corrected chi connectivity index (χ1v) is 4.38. The second-order valence-corrected chi connectivity index (χ2v) is 2.92. The largest absolute Gasteiger partial charge is 0.155 e. The van der Waals surface area contributed by atoms with Crippen LogP contribution in [0.4, 0.5) is 8.96 Å². The van der Waals surface area contributed by atoms with Gasteiger partial charge in [0.15, 0.2) is 13.1 Å². The van der Waals surface area contributed by atoms with Crippen molar-refractivity contribution in [3.63, 3.8) is 0 Å². The third-order valence-electron chi connectivity index (χ3n) is 1.64. The fraction of sp³-hybridized carbons (Fsp3) is 1.00. The van der Waals surface area contributed by atoms with E-state index >= 15 is 0 Å². The van der Waals surface area contributed by atoms with Crippen molar-refractivity contribution >= 4 is 0 Å². The zero-order valence-corrected chi connectivity index (χ0v) is 7.45. The van der Waals surface area contributed by atoms with Gasteiger partial charge in [-0.2, -0.15) is 0 Å². The van der Waals surface area contributed by atoms with Gasteiger partial charge >= 0.3 is 0 Å². The maximum atomic E-state index is 12.7. The average Bonchev–Trinajstić information content (AvgIpc) is 1.87. The van der Waals surface area contributed by atoms with Crippen LogP contribution < -0.4 is 0 Å². The highest BCUT2D eigenvalue weighted by atomic mass is 19.4. The molecule has 0 N–H and O–H groups in total. The molecule has 1 nitrogen and oxygen atoms in total. The van der Waals surface area contributed by atoms with Gasteiger partial charge in [-0.3, -0.25) is 0 Å². The summed E-state index contributed by atoms with van der Waals surface area (Å²) >= 11 is 0. The number of quaternary nitrogens is 1. The Morgan fingerprint density at radius 1 is 0.909 bits per heavy atom. The molecule has 0 unspecified atom stereocenters. The molecule has 0 saturated heterocycles. The van der Waals surface area contributed by atoms with Crippen LogP contribution in [-0.2, 0) is 0 Å². The molecule has 0 atom stereocenters. The summed E-state index contributed by atoms with van der Waals surface area (Å²) in [6.45, 7) is 3.81. The molecule has 68 valence electrons. The molecule has 11 heavy (non-hydrogen) atoms. The first-order valence-electron chi connectivity index (χ1n) is 4.38. The SMILES string of the molecule is CCCCC[N+](F)(F)CCC. The molecule has 0 fully saturated rings. The molecule has 0 aromatic heterocycles. The Hall–Kier alpha value is -0.180. The van der Waals surface area contributed by atoms with Gasteiger partial charge in [-0.15, -0.1) is 0 Å². The van der Waals surface area contributed by atoms with Crippen LogP contribution in [0.15, 0.2) is 0 Å². The Morgan fingerprint density at radius 3 is 2.00 bits per heavy atom. The lowest BCUT2D eigenvalue weighted by Gasteiger charge is -2.11. The summed E-state index contributed by atoms with van der Waals surface area (Å²) in [5.74, 6) is 0. The van der Waals surface area contributed by atoms with Crippen LogP contribution in [0, 0.1) is 0 Å². The number of unbranched alkanes of at least 4 members (excludes halogenated alkanes) is 2. The van der Waals surface area contributed by atoms with Crippen molar-refractivity contribution < 1.29 is 13.9 Å². The first kappa shape index (κ1) is 10.8. The van der Waals surface area contributed by atoms with Gasteiger partial charge in [-0.1, -0.05) is 20.3 Å². The molecular weight excluding hydrogens is 148 g/mol. The lowest BCUT2D eigenvalue weighted by molar-refractivity contribution is -1.17. The van der Waals surface area contributed by atoms with Gasteiger partial charge in [0, 0.05) is 21.8 Å². The van der Waals surface area contributed by atoms with Crippen LogP contribution in [0.5, 0.6) is 0 Å². The zero-order chi connectivity index (χ0) is 8.74. The topological polar surface area (TPSA) is 0 Å². The minimum absolute atomic E-state index is 0.0102. The lowest BCUT2D eigenvalue weighted by atomic mass is 10.2. The van der Waals surface area contributed by atoms with Crippen LogP contribution in [0.2, 0.25) is 0 Å². The summed E-state index contributed by atoms with van der Waals surface area (Å²) in [5, 5.41) is 0. The third-order valence-corrected chi connectivity index (χ3v) is 1.64. The van der Waals surface area contributed by atoms with Crippen LogP contribution in [0.25, 0.3) is 0 Å². The Balaban J connectivity index is 3.38. The molecule has 0 radical (unpaired) electrons. The van der Waals surface area contributed by atoms with Crippen molar-refractivity contribution in [2.45, 2.75) is 39.5 Å². The molecule has 0 saturated carbocycles. The van der Waals surface area contributed by atoms with Gasteiger partial charge in [0.05, 0.1) is 4.93 Å². The normalized spacial score (nSPS) is 12.0. The minimum atomic E-state index is -1.80. The van der Waals surface area contributed by atoms with Crippen LogP contribution in [0.3, 0.4) is 0 Å². The molecule has 0 heterocycles. The summed E-state index contributed by atoms with van der Waals surface area (Å²) in [7, 11) is 0. The number of hydrogen-bond acceptors (Lipinski definition) is 0. The van der Waals surface area contributed by atoms with Crippen LogP contribution in [0.1, 0.15) is 39.5 Å². The summed E-state index contributed by atoms with van der Waals surface area (Å²) in [6, 6.07) is 0. The molecular formula is C8H18F2N+. The van der Waals surface area contributed by atoms with Crippen molar-refractivity contribution in [1.82, 2.24) is 0 Å². The van der Waals surface area contributed by atoms with E-state index in [1.807, 2.05) is 6.92 Å². The number of halogens is 2.